The predicted molar refractivity (Wildman–Crippen MR) is 84.4 cm³/mol. The second-order valence-corrected chi connectivity index (χ2v) is 6.99. The normalized spacial score (nSPS) is 11.5. The number of nitrogens with one attached hydrogen (secondary N) is 1. The molecule has 0 saturated heterocycles. The number of halogens is 1. The van der Waals surface area contributed by atoms with Crippen LogP contribution >= 0.6 is 23.1 Å². The van der Waals surface area contributed by atoms with Crippen molar-refractivity contribution < 1.29 is 8.42 Å². The third-order valence-corrected chi connectivity index (χ3v) is 5.26. The van der Waals surface area contributed by atoms with E-state index in [1.165, 1.54) is 22.4 Å². The lowest BCUT2D eigenvalue weighted by Gasteiger charge is -2.07. The molecule has 0 spiro atoms. The van der Waals surface area contributed by atoms with Gasteiger partial charge in [0.05, 0.1) is 6.33 Å². The number of sulfonamides is 1. The Morgan fingerprint density at radius 1 is 1.27 bits per heavy atom. The van der Waals surface area contributed by atoms with Crippen LogP contribution in [0.4, 0.5) is 5.69 Å². The van der Waals surface area contributed by atoms with Crippen LogP contribution in [0.1, 0.15) is 0 Å². The topological polar surface area (TPSA) is 89.8 Å². The zero-order valence-electron chi connectivity index (χ0n) is 11.3. The first-order valence-corrected chi connectivity index (χ1v) is 8.74. The number of rotatable bonds is 4. The smallest absolute Gasteiger partial charge is 0.282 e. The fourth-order valence-electron chi connectivity index (χ4n) is 1.78. The minimum Gasteiger partial charge on any atom is -0.324 e. The quantitative estimate of drug-likeness (QED) is 0.776. The van der Waals surface area contributed by atoms with Crippen molar-refractivity contribution in [3.05, 3.63) is 41.1 Å². The average molecular weight is 356 g/mol. The Hall–Kier alpha value is -1.97. The first-order chi connectivity index (χ1) is 10.5. The Kier molecular flexibility index (Phi) is 3.85. The monoisotopic (exact) mass is 355 g/mol. The second kappa shape index (κ2) is 5.67. The third-order valence-electron chi connectivity index (χ3n) is 2.88. The molecule has 2 heterocycles. The number of hydrogen-bond donors (Lipinski definition) is 1. The molecule has 0 saturated carbocycles. The van der Waals surface area contributed by atoms with E-state index >= 15 is 0 Å². The van der Waals surface area contributed by atoms with Gasteiger partial charge in [-0.05, 0) is 23.7 Å². The van der Waals surface area contributed by atoms with Crippen LogP contribution in [0.3, 0.4) is 0 Å². The van der Waals surface area contributed by atoms with Crippen LogP contribution in [0, 0.1) is 0 Å². The second-order valence-electron chi connectivity index (χ2n) is 4.42. The fourth-order valence-corrected chi connectivity index (χ4v) is 3.73. The Labute approximate surface area is 135 Å². The van der Waals surface area contributed by atoms with Crippen LogP contribution in [-0.4, -0.2) is 27.6 Å². The summed E-state index contributed by atoms with van der Waals surface area (Å²) in [5.41, 5.74) is 2.01. The molecule has 1 N–H and O–H groups in total. The van der Waals surface area contributed by atoms with Gasteiger partial charge in [-0.2, -0.15) is 8.42 Å². The molecule has 0 aliphatic carbocycles. The maximum atomic E-state index is 12.3. The molecule has 114 valence electrons. The maximum Gasteiger partial charge on any atom is 0.282 e. The highest BCUT2D eigenvalue weighted by Crippen LogP contribution is 2.24. The van der Waals surface area contributed by atoms with Gasteiger partial charge in [-0.15, -0.1) is 5.10 Å². The van der Waals surface area contributed by atoms with Gasteiger partial charge >= 0.3 is 0 Å². The molecule has 10 heteroatoms. The molecule has 22 heavy (non-hydrogen) atoms. The number of benzene rings is 1. The van der Waals surface area contributed by atoms with Crippen molar-refractivity contribution in [2.75, 3.05) is 4.72 Å². The van der Waals surface area contributed by atoms with Gasteiger partial charge in [-0.3, -0.25) is 4.72 Å². The van der Waals surface area contributed by atoms with Gasteiger partial charge in [0.15, 0.2) is 0 Å². The number of anilines is 1. The van der Waals surface area contributed by atoms with Gasteiger partial charge in [0.25, 0.3) is 10.0 Å². The average Bonchev–Trinajstić information content (AvgIpc) is 3.11. The summed E-state index contributed by atoms with van der Waals surface area (Å²) in [6.07, 6.45) is 1.34. The Morgan fingerprint density at radius 3 is 2.55 bits per heavy atom. The molecular weight excluding hydrogens is 346 g/mol. The highest BCUT2D eigenvalue weighted by atomic mass is 35.5. The third kappa shape index (κ3) is 2.82. The van der Waals surface area contributed by atoms with Crippen LogP contribution < -0.4 is 4.72 Å². The van der Waals surface area contributed by atoms with E-state index in [2.05, 4.69) is 19.3 Å². The molecular formula is C12H10ClN5O2S2. The first-order valence-electron chi connectivity index (χ1n) is 6.04. The molecule has 1 aromatic carbocycles. The van der Waals surface area contributed by atoms with Crippen LogP contribution in [-0.2, 0) is 17.1 Å². The van der Waals surface area contributed by atoms with Crippen LogP contribution in [0.25, 0.3) is 11.3 Å². The first kappa shape index (κ1) is 14.9. The zero-order chi connectivity index (χ0) is 15.7. The van der Waals surface area contributed by atoms with Crippen molar-refractivity contribution in [2.45, 2.75) is 5.03 Å². The van der Waals surface area contributed by atoms with Gasteiger partial charge in [-0.1, -0.05) is 28.2 Å². The largest absolute Gasteiger partial charge is 0.324 e. The summed E-state index contributed by atoms with van der Waals surface area (Å²) in [6, 6.07) is 6.80. The molecule has 0 bridgehead atoms. The van der Waals surface area contributed by atoms with E-state index in [1.54, 1.807) is 31.3 Å². The van der Waals surface area contributed by atoms with Gasteiger partial charge in [0.2, 0.25) is 5.03 Å². The maximum absolute atomic E-state index is 12.3. The lowest BCUT2D eigenvalue weighted by Crippen LogP contribution is -2.14. The Balaban J connectivity index is 1.85. The van der Waals surface area contributed by atoms with Crippen molar-refractivity contribution >= 4 is 38.8 Å². The van der Waals surface area contributed by atoms with Gasteiger partial charge in [0, 0.05) is 23.7 Å². The van der Waals surface area contributed by atoms with Crippen LogP contribution in [0.5, 0.6) is 0 Å². The number of nitrogens with zero attached hydrogens (tertiary/aromatic N) is 4. The summed E-state index contributed by atoms with van der Waals surface area (Å²) >= 11 is 7.17. The highest BCUT2D eigenvalue weighted by Gasteiger charge is 2.22. The van der Waals surface area contributed by atoms with E-state index in [1.807, 2.05) is 5.38 Å². The molecule has 0 atom stereocenters. The number of aromatic nitrogens is 4. The van der Waals surface area contributed by atoms with Gasteiger partial charge in [-0.25, -0.2) is 4.98 Å². The molecule has 0 unspecified atom stereocenters. The molecule has 0 radical (unpaired) electrons. The van der Waals surface area contributed by atoms with Crippen molar-refractivity contribution in [3.8, 4) is 11.3 Å². The molecule has 7 nitrogen and oxygen atoms in total. The van der Waals surface area contributed by atoms with Gasteiger partial charge < -0.3 is 4.57 Å². The van der Waals surface area contributed by atoms with E-state index in [-0.39, 0.29) is 10.2 Å². The Morgan fingerprint density at radius 2 is 2.00 bits per heavy atom. The van der Waals surface area contributed by atoms with Gasteiger partial charge in [0.1, 0.15) is 10.8 Å². The Bertz CT molecular complexity index is 888. The molecule has 0 aliphatic heterocycles. The highest BCUT2D eigenvalue weighted by molar-refractivity contribution is 7.92. The van der Waals surface area contributed by atoms with Crippen molar-refractivity contribution in [2.24, 2.45) is 7.05 Å². The van der Waals surface area contributed by atoms with E-state index in [0.29, 0.717) is 5.69 Å². The van der Waals surface area contributed by atoms with Crippen molar-refractivity contribution in [3.63, 3.8) is 0 Å². The summed E-state index contributed by atoms with van der Waals surface area (Å²) in [5.74, 6) is 0. The molecule has 0 fully saturated rings. The van der Waals surface area contributed by atoms with E-state index in [0.717, 1.165) is 11.3 Å². The number of aryl methyl sites for hydroxylation is 1. The molecule has 3 rings (SSSR count). The summed E-state index contributed by atoms with van der Waals surface area (Å²) in [5, 5.41) is 5.61. The van der Waals surface area contributed by atoms with E-state index in [4.69, 9.17) is 11.6 Å². The SMILES string of the molecule is Cn1cnc(S(=O)(=O)Nc2ccc(-c3csnn3)cc2)c1Cl. The zero-order valence-corrected chi connectivity index (χ0v) is 13.7. The van der Waals surface area contributed by atoms with E-state index in [9.17, 15) is 8.42 Å². The summed E-state index contributed by atoms with van der Waals surface area (Å²) in [7, 11) is -2.21. The van der Waals surface area contributed by atoms with Crippen LogP contribution in [0.15, 0.2) is 41.0 Å². The summed E-state index contributed by atoms with van der Waals surface area (Å²) in [4.78, 5) is 3.81. The van der Waals surface area contributed by atoms with Crippen LogP contribution in [0.2, 0.25) is 5.15 Å². The standard InChI is InChI=1S/C12H10ClN5O2S2/c1-18-7-14-12(11(18)13)22(19,20)16-9-4-2-8(3-5-9)10-6-21-17-15-10/h2-7,16H,1H3. The number of imidazole rings is 1. The lowest BCUT2D eigenvalue weighted by atomic mass is 10.2. The molecule has 2 aromatic heterocycles. The number of hydrogen-bond acceptors (Lipinski definition) is 6. The molecule has 3 aromatic rings. The summed E-state index contributed by atoms with van der Waals surface area (Å²) < 4.78 is 32.2. The fraction of sp³-hybridized carbons (Fsp3) is 0.0833. The minimum absolute atomic E-state index is 0.0534. The molecule has 0 aliphatic rings. The van der Waals surface area contributed by atoms with Crippen molar-refractivity contribution in [1.82, 2.24) is 19.1 Å². The summed E-state index contributed by atoms with van der Waals surface area (Å²) in [6.45, 7) is 0. The van der Waals surface area contributed by atoms with E-state index < -0.39 is 10.0 Å². The van der Waals surface area contributed by atoms with Crippen molar-refractivity contribution in [1.29, 1.82) is 0 Å². The lowest BCUT2D eigenvalue weighted by molar-refractivity contribution is 0.598. The predicted octanol–water partition coefficient (Wildman–Crippen LogP) is 2.39. The molecule has 0 amide bonds. The minimum atomic E-state index is -3.83.